The number of aromatic nitrogens is 4. The van der Waals surface area contributed by atoms with Crippen molar-refractivity contribution in [2.45, 2.75) is 39.0 Å². The largest absolute Gasteiger partial charge is 0.398 e. The summed E-state index contributed by atoms with van der Waals surface area (Å²) in [6.07, 6.45) is 1.95. The Morgan fingerprint density at radius 3 is 2.81 bits per heavy atom. The fraction of sp³-hybridized carbons (Fsp3) is 0.389. The van der Waals surface area contributed by atoms with Crippen molar-refractivity contribution in [1.82, 2.24) is 19.5 Å². The van der Waals surface area contributed by atoms with Crippen molar-refractivity contribution >= 4 is 51.2 Å². The summed E-state index contributed by atoms with van der Waals surface area (Å²) in [5.41, 5.74) is 9.21. The molecule has 2 atom stereocenters. The maximum Gasteiger partial charge on any atom is 0.227 e. The number of rotatable bonds is 7. The highest BCUT2D eigenvalue weighted by atomic mass is 127. The lowest BCUT2D eigenvalue weighted by atomic mass is 10.1. The first kappa shape index (κ1) is 19.6. The molecule has 0 fully saturated rings. The van der Waals surface area contributed by atoms with Crippen LogP contribution in [0.5, 0.6) is 0 Å². The minimum atomic E-state index is -0.511. The predicted octanol–water partition coefficient (Wildman–Crippen LogP) is 2.73. The lowest BCUT2D eigenvalue weighted by molar-refractivity contribution is 0.169. The molecule has 0 aliphatic carbocycles. The van der Waals surface area contributed by atoms with Crippen LogP contribution in [0.4, 0.5) is 17.5 Å². The molecule has 0 bridgehead atoms. The second kappa shape index (κ2) is 8.26. The van der Waals surface area contributed by atoms with Gasteiger partial charge in [0.1, 0.15) is 0 Å². The molecule has 3 rings (SSSR count). The van der Waals surface area contributed by atoms with E-state index in [-0.39, 0.29) is 6.04 Å². The van der Waals surface area contributed by atoms with Gasteiger partial charge in [0.05, 0.1) is 18.5 Å². The Kier molecular flexibility index (Phi) is 6.00. The molecular weight excluding hydrogens is 457 g/mol. The van der Waals surface area contributed by atoms with Crippen LogP contribution < -0.4 is 16.4 Å². The van der Waals surface area contributed by atoms with Crippen molar-refractivity contribution in [3.8, 4) is 0 Å². The van der Waals surface area contributed by atoms with Gasteiger partial charge in [-0.15, -0.1) is 0 Å². The number of imidazole rings is 1. The van der Waals surface area contributed by atoms with Gasteiger partial charge in [-0.05, 0) is 59.7 Å². The van der Waals surface area contributed by atoms with Gasteiger partial charge in [0.2, 0.25) is 5.95 Å². The van der Waals surface area contributed by atoms with Gasteiger partial charge in [0, 0.05) is 22.8 Å². The van der Waals surface area contributed by atoms with Crippen LogP contribution in [0.1, 0.15) is 25.8 Å². The summed E-state index contributed by atoms with van der Waals surface area (Å²) in [4.78, 5) is 13.6. The lowest BCUT2D eigenvalue weighted by Crippen LogP contribution is -2.31. The summed E-state index contributed by atoms with van der Waals surface area (Å²) in [5, 5.41) is 16.5. The molecule has 9 heteroatoms. The fourth-order valence-electron chi connectivity index (χ4n) is 2.83. The van der Waals surface area contributed by atoms with Crippen molar-refractivity contribution in [3.05, 3.63) is 33.7 Å². The SMILES string of the molecule is CCC(Nc1nc(NCc2cc(I)ccc2N)c2ncn(C)c2n1)C(C)O. The number of halogens is 1. The topological polar surface area (TPSA) is 114 Å². The van der Waals surface area contributed by atoms with E-state index in [4.69, 9.17) is 5.73 Å². The van der Waals surface area contributed by atoms with E-state index in [2.05, 4.69) is 48.2 Å². The molecule has 3 aromatic rings. The molecule has 0 aliphatic rings. The second-order valence-electron chi connectivity index (χ2n) is 6.52. The third-order valence-corrected chi connectivity index (χ3v) is 5.12. The molecular formula is C18H24IN7O. The van der Waals surface area contributed by atoms with Gasteiger partial charge in [0.25, 0.3) is 0 Å². The quantitative estimate of drug-likeness (QED) is 0.303. The van der Waals surface area contributed by atoms with Crippen molar-refractivity contribution in [2.24, 2.45) is 7.05 Å². The molecule has 2 heterocycles. The van der Waals surface area contributed by atoms with Gasteiger partial charge in [-0.2, -0.15) is 9.97 Å². The van der Waals surface area contributed by atoms with E-state index >= 15 is 0 Å². The minimum absolute atomic E-state index is 0.130. The highest BCUT2D eigenvalue weighted by Crippen LogP contribution is 2.23. The van der Waals surface area contributed by atoms with E-state index in [0.717, 1.165) is 21.2 Å². The second-order valence-corrected chi connectivity index (χ2v) is 7.77. The first-order chi connectivity index (χ1) is 12.9. The van der Waals surface area contributed by atoms with E-state index < -0.39 is 6.10 Å². The van der Waals surface area contributed by atoms with Gasteiger partial charge < -0.3 is 26.0 Å². The predicted molar refractivity (Wildman–Crippen MR) is 117 cm³/mol. The third-order valence-electron chi connectivity index (χ3n) is 4.45. The van der Waals surface area contributed by atoms with Crippen LogP contribution in [0.25, 0.3) is 11.2 Å². The molecule has 144 valence electrons. The van der Waals surface area contributed by atoms with E-state index in [0.29, 0.717) is 29.5 Å². The van der Waals surface area contributed by atoms with E-state index in [1.807, 2.05) is 36.7 Å². The van der Waals surface area contributed by atoms with Crippen LogP contribution in [0.15, 0.2) is 24.5 Å². The standard InChI is InChI=1S/C18H24IN7O/c1-4-14(10(2)27)23-18-24-16(15-17(25-18)26(3)9-22-15)21-8-11-7-12(19)5-6-13(11)20/h5-7,9-10,14,27H,4,8,20H2,1-3H3,(H2,21,23,24,25). The molecule has 2 aromatic heterocycles. The maximum absolute atomic E-state index is 9.91. The smallest absolute Gasteiger partial charge is 0.227 e. The number of nitrogens with one attached hydrogen (secondary N) is 2. The Morgan fingerprint density at radius 2 is 2.11 bits per heavy atom. The van der Waals surface area contributed by atoms with Crippen molar-refractivity contribution in [3.63, 3.8) is 0 Å². The summed E-state index contributed by atoms with van der Waals surface area (Å²) >= 11 is 2.26. The zero-order valence-electron chi connectivity index (χ0n) is 15.6. The number of hydrogen-bond donors (Lipinski definition) is 4. The Hall–Kier alpha value is -2.14. The monoisotopic (exact) mass is 481 g/mol. The average molecular weight is 481 g/mol. The van der Waals surface area contributed by atoms with Crippen LogP contribution in [0.2, 0.25) is 0 Å². The van der Waals surface area contributed by atoms with E-state index in [1.165, 1.54) is 0 Å². The number of aliphatic hydroxyl groups is 1. The normalized spacial score (nSPS) is 13.5. The summed E-state index contributed by atoms with van der Waals surface area (Å²) in [6, 6.07) is 5.79. The number of fused-ring (bicyclic) bond motifs is 1. The molecule has 2 unspecified atom stereocenters. The Labute approximate surface area is 171 Å². The van der Waals surface area contributed by atoms with Gasteiger partial charge >= 0.3 is 0 Å². The van der Waals surface area contributed by atoms with Gasteiger partial charge in [0.15, 0.2) is 17.0 Å². The molecule has 0 saturated carbocycles. The fourth-order valence-corrected chi connectivity index (χ4v) is 3.39. The zero-order valence-corrected chi connectivity index (χ0v) is 17.7. The average Bonchev–Trinajstić information content (AvgIpc) is 3.01. The van der Waals surface area contributed by atoms with Gasteiger partial charge in [-0.1, -0.05) is 6.92 Å². The number of anilines is 3. The first-order valence-corrected chi connectivity index (χ1v) is 9.88. The van der Waals surface area contributed by atoms with Crippen molar-refractivity contribution in [1.29, 1.82) is 0 Å². The Balaban J connectivity index is 1.92. The summed E-state index contributed by atoms with van der Waals surface area (Å²) in [6.45, 7) is 4.28. The van der Waals surface area contributed by atoms with Crippen LogP contribution >= 0.6 is 22.6 Å². The number of hydrogen-bond acceptors (Lipinski definition) is 7. The highest BCUT2D eigenvalue weighted by Gasteiger charge is 2.17. The molecule has 0 saturated heterocycles. The molecule has 8 nitrogen and oxygen atoms in total. The van der Waals surface area contributed by atoms with Gasteiger partial charge in [-0.25, -0.2) is 4.98 Å². The number of aliphatic hydroxyl groups excluding tert-OH is 1. The minimum Gasteiger partial charge on any atom is -0.398 e. The Morgan fingerprint density at radius 1 is 1.33 bits per heavy atom. The molecule has 0 radical (unpaired) electrons. The van der Waals surface area contributed by atoms with Crippen molar-refractivity contribution in [2.75, 3.05) is 16.4 Å². The summed E-state index contributed by atoms with van der Waals surface area (Å²) < 4.78 is 2.96. The van der Waals surface area contributed by atoms with Crippen LogP contribution in [0.3, 0.4) is 0 Å². The first-order valence-electron chi connectivity index (χ1n) is 8.80. The summed E-state index contributed by atoms with van der Waals surface area (Å²) in [5.74, 6) is 1.08. The Bertz CT molecular complexity index is 941. The van der Waals surface area contributed by atoms with E-state index in [1.54, 1.807) is 13.3 Å². The number of nitrogen functional groups attached to an aromatic ring is 1. The van der Waals surface area contributed by atoms with E-state index in [9.17, 15) is 5.11 Å². The maximum atomic E-state index is 9.91. The highest BCUT2D eigenvalue weighted by molar-refractivity contribution is 14.1. The number of nitrogens with zero attached hydrogens (tertiary/aromatic N) is 4. The molecule has 1 aromatic carbocycles. The number of benzene rings is 1. The van der Waals surface area contributed by atoms with Crippen molar-refractivity contribution < 1.29 is 5.11 Å². The van der Waals surface area contributed by atoms with Crippen LogP contribution in [-0.4, -0.2) is 36.8 Å². The van der Waals surface area contributed by atoms with Crippen LogP contribution in [-0.2, 0) is 13.6 Å². The number of nitrogens with two attached hydrogens (primary N) is 1. The van der Waals surface area contributed by atoms with Gasteiger partial charge in [-0.3, -0.25) is 0 Å². The molecule has 27 heavy (non-hydrogen) atoms. The summed E-state index contributed by atoms with van der Waals surface area (Å²) in [7, 11) is 1.89. The lowest BCUT2D eigenvalue weighted by Gasteiger charge is -2.20. The zero-order chi connectivity index (χ0) is 19.6. The molecule has 0 aliphatic heterocycles. The third kappa shape index (κ3) is 4.41. The molecule has 0 amide bonds. The number of aryl methyl sites for hydroxylation is 1. The molecule has 5 N–H and O–H groups in total. The molecule has 0 spiro atoms. The van der Waals surface area contributed by atoms with Crippen LogP contribution in [0, 0.1) is 3.57 Å².